The lowest BCUT2D eigenvalue weighted by atomic mass is 10.2. The highest BCUT2D eigenvalue weighted by Gasteiger charge is 2.16. The number of hydrogen-bond acceptors (Lipinski definition) is 5. The number of carbonyl (C=O) groups excluding carboxylic acids is 2. The van der Waals surface area contributed by atoms with E-state index in [1.165, 1.54) is 46.8 Å². The van der Waals surface area contributed by atoms with Crippen molar-refractivity contribution in [2.75, 3.05) is 28.3 Å². The van der Waals surface area contributed by atoms with E-state index >= 15 is 0 Å². The zero-order chi connectivity index (χ0) is 13.7. The van der Waals surface area contributed by atoms with Crippen LogP contribution in [0, 0.1) is 0 Å². The number of amides is 2. The second-order valence-electron chi connectivity index (χ2n) is 3.43. The second kappa shape index (κ2) is 6.08. The van der Waals surface area contributed by atoms with Crippen molar-refractivity contribution in [1.82, 2.24) is 15.1 Å². The Labute approximate surface area is 105 Å². The molecule has 1 aromatic heterocycles. The third kappa shape index (κ3) is 3.02. The van der Waals surface area contributed by atoms with Gasteiger partial charge in [0.2, 0.25) is 0 Å². The number of aromatic nitrogens is 1. The maximum absolute atomic E-state index is 11.8. The first-order valence-electron chi connectivity index (χ1n) is 5.10. The molecule has 1 heterocycles. The summed E-state index contributed by atoms with van der Waals surface area (Å²) in [4.78, 5) is 37.0. The van der Waals surface area contributed by atoms with Crippen molar-refractivity contribution in [3.05, 3.63) is 29.6 Å². The second-order valence-corrected chi connectivity index (χ2v) is 3.43. The van der Waals surface area contributed by atoms with Crippen LogP contribution in [0.25, 0.3) is 0 Å². The molecular weight excluding hydrogens is 238 g/mol. The van der Waals surface area contributed by atoms with E-state index in [-0.39, 0.29) is 22.9 Å². The zero-order valence-corrected chi connectivity index (χ0v) is 10.7. The van der Waals surface area contributed by atoms with Crippen molar-refractivity contribution in [2.24, 2.45) is 0 Å². The highest BCUT2D eigenvalue weighted by atomic mass is 16.7. The lowest BCUT2D eigenvalue weighted by Crippen LogP contribution is -2.28. The first-order chi connectivity index (χ1) is 8.51. The van der Waals surface area contributed by atoms with Gasteiger partial charge in [0.1, 0.15) is 0 Å². The minimum Gasteiger partial charge on any atom is -0.274 e. The van der Waals surface area contributed by atoms with Crippen molar-refractivity contribution in [3.8, 4) is 0 Å². The number of nitrogens with zero attached hydrogens (tertiary/aromatic N) is 3. The molecule has 0 aliphatic heterocycles. The van der Waals surface area contributed by atoms with Gasteiger partial charge in [-0.3, -0.25) is 24.2 Å². The quantitative estimate of drug-likeness (QED) is 0.724. The SMILES string of the molecule is CON(C)C(=O)c1cncc(C(=O)N(C)OC)c1. The van der Waals surface area contributed by atoms with E-state index in [4.69, 9.17) is 9.68 Å². The third-order valence-corrected chi connectivity index (χ3v) is 2.35. The number of rotatable bonds is 4. The summed E-state index contributed by atoms with van der Waals surface area (Å²) in [6.45, 7) is 0. The molecule has 1 rings (SSSR count). The molecule has 0 saturated heterocycles. The Balaban J connectivity index is 2.99. The van der Waals surface area contributed by atoms with E-state index in [9.17, 15) is 9.59 Å². The molecule has 0 radical (unpaired) electrons. The van der Waals surface area contributed by atoms with Gasteiger partial charge in [-0.1, -0.05) is 0 Å². The smallest absolute Gasteiger partial charge is 0.274 e. The fraction of sp³-hybridized carbons (Fsp3) is 0.364. The summed E-state index contributed by atoms with van der Waals surface area (Å²) >= 11 is 0. The monoisotopic (exact) mass is 253 g/mol. The first-order valence-corrected chi connectivity index (χ1v) is 5.10. The molecule has 0 spiro atoms. The number of pyridine rings is 1. The Morgan fingerprint density at radius 1 is 1.00 bits per heavy atom. The predicted molar refractivity (Wildman–Crippen MR) is 62.4 cm³/mol. The van der Waals surface area contributed by atoms with Crippen LogP contribution in [-0.4, -0.2) is 55.2 Å². The molecular formula is C11H15N3O4. The molecule has 0 saturated carbocycles. The maximum Gasteiger partial charge on any atom is 0.278 e. The topological polar surface area (TPSA) is 72.0 Å². The molecule has 7 nitrogen and oxygen atoms in total. The molecule has 7 heteroatoms. The lowest BCUT2D eigenvalue weighted by molar-refractivity contribution is -0.0763. The molecule has 0 atom stereocenters. The summed E-state index contributed by atoms with van der Waals surface area (Å²) in [5, 5.41) is 2.09. The summed E-state index contributed by atoms with van der Waals surface area (Å²) in [7, 11) is 5.69. The normalized spacial score (nSPS) is 10.0. The van der Waals surface area contributed by atoms with Crippen LogP contribution in [0.2, 0.25) is 0 Å². The minimum atomic E-state index is -0.389. The van der Waals surface area contributed by atoms with Gasteiger partial charge in [0.25, 0.3) is 11.8 Å². The Kier molecular flexibility index (Phi) is 4.75. The van der Waals surface area contributed by atoms with Gasteiger partial charge in [-0.15, -0.1) is 0 Å². The van der Waals surface area contributed by atoms with Crippen molar-refractivity contribution in [3.63, 3.8) is 0 Å². The number of carbonyl (C=O) groups is 2. The van der Waals surface area contributed by atoms with Crippen LogP contribution in [-0.2, 0) is 9.68 Å². The van der Waals surface area contributed by atoms with Crippen LogP contribution in [0.4, 0.5) is 0 Å². The molecule has 18 heavy (non-hydrogen) atoms. The van der Waals surface area contributed by atoms with Crippen LogP contribution in [0.3, 0.4) is 0 Å². The van der Waals surface area contributed by atoms with Crippen LogP contribution in [0.15, 0.2) is 18.5 Å². The van der Waals surface area contributed by atoms with Crippen LogP contribution in [0.5, 0.6) is 0 Å². The largest absolute Gasteiger partial charge is 0.278 e. The highest BCUT2D eigenvalue weighted by Crippen LogP contribution is 2.08. The molecule has 0 unspecified atom stereocenters. The van der Waals surface area contributed by atoms with Crippen molar-refractivity contribution < 1.29 is 19.3 Å². The summed E-state index contributed by atoms with van der Waals surface area (Å²) < 4.78 is 0. The molecule has 1 aromatic rings. The third-order valence-electron chi connectivity index (χ3n) is 2.35. The van der Waals surface area contributed by atoms with Crippen LogP contribution < -0.4 is 0 Å². The van der Waals surface area contributed by atoms with Crippen molar-refractivity contribution in [1.29, 1.82) is 0 Å². The number of hydrogen-bond donors (Lipinski definition) is 0. The fourth-order valence-electron chi connectivity index (χ4n) is 1.20. The first kappa shape index (κ1) is 14.1. The van der Waals surface area contributed by atoms with Gasteiger partial charge in [-0.25, -0.2) is 10.1 Å². The molecule has 0 aromatic carbocycles. The number of hydroxylamine groups is 4. The Morgan fingerprint density at radius 2 is 1.39 bits per heavy atom. The summed E-state index contributed by atoms with van der Waals surface area (Å²) in [5.74, 6) is -0.778. The minimum absolute atomic E-state index is 0.259. The molecule has 0 aliphatic rings. The van der Waals surface area contributed by atoms with Gasteiger partial charge in [-0.2, -0.15) is 0 Å². The maximum atomic E-state index is 11.8. The van der Waals surface area contributed by atoms with E-state index in [2.05, 4.69) is 4.98 Å². The Hall–Kier alpha value is -1.99. The van der Waals surface area contributed by atoms with Gasteiger partial charge in [0.15, 0.2) is 0 Å². The Morgan fingerprint density at radius 3 is 1.72 bits per heavy atom. The van der Waals surface area contributed by atoms with Crippen molar-refractivity contribution in [2.45, 2.75) is 0 Å². The van der Waals surface area contributed by atoms with Crippen molar-refractivity contribution >= 4 is 11.8 Å². The van der Waals surface area contributed by atoms with Crippen LogP contribution >= 0.6 is 0 Å². The summed E-state index contributed by atoms with van der Waals surface area (Å²) in [6, 6.07) is 1.43. The van der Waals surface area contributed by atoms with E-state index < -0.39 is 0 Å². The summed E-state index contributed by atoms with van der Waals surface area (Å²) in [5.41, 5.74) is 0.518. The van der Waals surface area contributed by atoms with E-state index in [1.807, 2.05) is 0 Å². The Bertz CT molecular complexity index is 412. The van der Waals surface area contributed by atoms with Gasteiger partial charge in [0.05, 0.1) is 25.3 Å². The molecule has 98 valence electrons. The van der Waals surface area contributed by atoms with Gasteiger partial charge < -0.3 is 0 Å². The van der Waals surface area contributed by atoms with E-state index in [0.717, 1.165) is 10.1 Å². The van der Waals surface area contributed by atoms with Gasteiger partial charge in [0, 0.05) is 26.5 Å². The molecule has 0 bridgehead atoms. The average molecular weight is 253 g/mol. The standard InChI is InChI=1S/C11H15N3O4/c1-13(17-3)10(15)8-5-9(7-12-6-8)11(16)14(2)18-4/h5-7H,1-4H3. The molecule has 0 aliphatic carbocycles. The average Bonchev–Trinajstić information content (AvgIpc) is 2.43. The molecule has 0 N–H and O–H groups in total. The predicted octanol–water partition coefficient (Wildman–Crippen LogP) is 0.348. The van der Waals surface area contributed by atoms with E-state index in [0.29, 0.717) is 0 Å². The lowest BCUT2D eigenvalue weighted by Gasteiger charge is -2.15. The van der Waals surface area contributed by atoms with Crippen LogP contribution in [0.1, 0.15) is 20.7 Å². The van der Waals surface area contributed by atoms with E-state index in [1.54, 1.807) is 0 Å². The molecule has 2 amide bonds. The van der Waals surface area contributed by atoms with Gasteiger partial charge >= 0.3 is 0 Å². The molecule has 0 fully saturated rings. The zero-order valence-electron chi connectivity index (χ0n) is 10.7. The fourth-order valence-corrected chi connectivity index (χ4v) is 1.20. The van der Waals surface area contributed by atoms with Gasteiger partial charge in [-0.05, 0) is 6.07 Å². The summed E-state index contributed by atoms with van der Waals surface area (Å²) in [6.07, 6.45) is 2.73. The highest BCUT2D eigenvalue weighted by molar-refractivity contribution is 5.98.